The number of aryl methyl sites for hydroxylation is 1. The monoisotopic (exact) mass is 290 g/mol. The third-order valence-electron chi connectivity index (χ3n) is 4.03. The average Bonchev–Trinajstić information content (AvgIpc) is 2.45. The number of morpholine rings is 1. The number of nitrogens with one attached hydrogen (secondary N) is 2. The fourth-order valence-corrected chi connectivity index (χ4v) is 2.81. The summed E-state index contributed by atoms with van der Waals surface area (Å²) in [6.45, 7) is 3.42. The molecule has 0 spiro atoms. The molecule has 114 valence electrons. The van der Waals surface area contributed by atoms with Crippen LogP contribution in [0.5, 0.6) is 0 Å². The molecule has 0 aromatic heterocycles. The molecule has 1 unspecified atom stereocenters. The van der Waals surface area contributed by atoms with Gasteiger partial charge in [0.2, 0.25) is 5.91 Å². The third-order valence-corrected chi connectivity index (χ3v) is 4.03. The van der Waals surface area contributed by atoms with E-state index in [1.54, 1.807) is 0 Å². The maximum absolute atomic E-state index is 11.4. The largest absolute Gasteiger partial charge is 0.397 e. The SMILES string of the molecule is CN1CCOC(CNc2cc3c(cc2N)NC(=O)CC3)C1. The molecule has 1 saturated heterocycles. The Morgan fingerprint density at radius 1 is 1.48 bits per heavy atom. The quantitative estimate of drug-likeness (QED) is 0.721. The minimum Gasteiger partial charge on any atom is -0.397 e. The van der Waals surface area contributed by atoms with E-state index in [9.17, 15) is 4.79 Å². The van der Waals surface area contributed by atoms with Gasteiger partial charge in [0.15, 0.2) is 0 Å². The van der Waals surface area contributed by atoms with Crippen molar-refractivity contribution in [2.45, 2.75) is 18.9 Å². The van der Waals surface area contributed by atoms with Gasteiger partial charge in [-0.25, -0.2) is 0 Å². The van der Waals surface area contributed by atoms with Gasteiger partial charge in [0.25, 0.3) is 0 Å². The zero-order chi connectivity index (χ0) is 14.8. The van der Waals surface area contributed by atoms with Gasteiger partial charge in [0.1, 0.15) is 0 Å². The van der Waals surface area contributed by atoms with Crippen LogP contribution in [0, 0.1) is 0 Å². The van der Waals surface area contributed by atoms with Crippen LogP contribution in [0.1, 0.15) is 12.0 Å². The molecule has 6 heteroatoms. The maximum atomic E-state index is 11.4. The van der Waals surface area contributed by atoms with Crippen molar-refractivity contribution in [3.8, 4) is 0 Å². The Hall–Kier alpha value is -1.79. The van der Waals surface area contributed by atoms with Crippen molar-refractivity contribution in [2.75, 3.05) is 49.7 Å². The number of hydrogen-bond acceptors (Lipinski definition) is 5. The van der Waals surface area contributed by atoms with E-state index in [1.165, 1.54) is 0 Å². The summed E-state index contributed by atoms with van der Waals surface area (Å²) in [5, 5.41) is 6.24. The van der Waals surface area contributed by atoms with Crippen LogP contribution in [0.15, 0.2) is 12.1 Å². The number of fused-ring (bicyclic) bond motifs is 1. The summed E-state index contributed by atoms with van der Waals surface area (Å²) in [5.41, 5.74) is 9.61. The minimum atomic E-state index is 0.0567. The molecule has 6 nitrogen and oxygen atoms in total. The van der Waals surface area contributed by atoms with E-state index in [0.29, 0.717) is 12.1 Å². The van der Waals surface area contributed by atoms with Gasteiger partial charge >= 0.3 is 0 Å². The summed E-state index contributed by atoms with van der Waals surface area (Å²) < 4.78 is 5.73. The molecule has 0 bridgehead atoms. The molecule has 1 aromatic rings. The van der Waals surface area contributed by atoms with Crippen molar-refractivity contribution in [2.24, 2.45) is 0 Å². The van der Waals surface area contributed by atoms with E-state index in [4.69, 9.17) is 10.5 Å². The number of amides is 1. The van der Waals surface area contributed by atoms with Crippen molar-refractivity contribution in [3.63, 3.8) is 0 Å². The highest BCUT2D eigenvalue weighted by atomic mass is 16.5. The molecular formula is C15H22N4O2. The van der Waals surface area contributed by atoms with E-state index in [0.717, 1.165) is 49.6 Å². The summed E-state index contributed by atoms with van der Waals surface area (Å²) in [4.78, 5) is 13.7. The summed E-state index contributed by atoms with van der Waals surface area (Å²) in [6.07, 6.45) is 1.48. The predicted molar refractivity (Wildman–Crippen MR) is 83.5 cm³/mol. The van der Waals surface area contributed by atoms with Crippen LogP contribution in [0.2, 0.25) is 0 Å². The van der Waals surface area contributed by atoms with Gasteiger partial charge in [-0.15, -0.1) is 0 Å². The fraction of sp³-hybridized carbons (Fsp3) is 0.533. The molecule has 2 heterocycles. The van der Waals surface area contributed by atoms with E-state index in [-0.39, 0.29) is 12.0 Å². The number of rotatable bonds is 3. The number of nitrogen functional groups attached to an aromatic ring is 1. The second-order valence-corrected chi connectivity index (χ2v) is 5.78. The first kappa shape index (κ1) is 14.2. The van der Waals surface area contributed by atoms with Gasteiger partial charge in [0.05, 0.1) is 24.1 Å². The van der Waals surface area contributed by atoms with E-state index < -0.39 is 0 Å². The number of hydrogen-bond donors (Lipinski definition) is 3. The van der Waals surface area contributed by atoms with E-state index >= 15 is 0 Å². The Labute approximate surface area is 124 Å². The van der Waals surface area contributed by atoms with Gasteiger partial charge in [-0.1, -0.05) is 0 Å². The predicted octanol–water partition coefficient (Wildman–Crippen LogP) is 0.896. The van der Waals surface area contributed by atoms with E-state index in [2.05, 4.69) is 22.6 Å². The zero-order valence-corrected chi connectivity index (χ0v) is 12.3. The summed E-state index contributed by atoms with van der Waals surface area (Å²) in [7, 11) is 2.10. The van der Waals surface area contributed by atoms with E-state index in [1.807, 2.05) is 12.1 Å². The van der Waals surface area contributed by atoms with Crippen molar-refractivity contribution >= 4 is 23.0 Å². The molecule has 2 aliphatic heterocycles. The molecule has 4 N–H and O–H groups in total. The molecule has 1 aromatic carbocycles. The van der Waals surface area contributed by atoms with Gasteiger partial charge in [-0.05, 0) is 31.2 Å². The lowest BCUT2D eigenvalue weighted by Crippen LogP contribution is -2.43. The zero-order valence-electron chi connectivity index (χ0n) is 12.3. The number of benzene rings is 1. The number of ether oxygens (including phenoxy) is 1. The van der Waals surface area contributed by atoms with Crippen LogP contribution in [-0.2, 0) is 16.0 Å². The van der Waals surface area contributed by atoms with Crippen molar-refractivity contribution in [1.29, 1.82) is 0 Å². The Kier molecular flexibility index (Phi) is 3.98. The van der Waals surface area contributed by atoms with Crippen LogP contribution in [0.4, 0.5) is 17.1 Å². The molecule has 1 fully saturated rings. The van der Waals surface area contributed by atoms with Crippen LogP contribution in [-0.4, -0.2) is 50.2 Å². The number of carbonyl (C=O) groups excluding carboxylic acids is 1. The topological polar surface area (TPSA) is 79.6 Å². The molecule has 1 amide bonds. The fourth-order valence-electron chi connectivity index (χ4n) is 2.81. The van der Waals surface area contributed by atoms with Gasteiger partial charge < -0.3 is 26.0 Å². The number of likely N-dealkylation sites (N-methyl/N-ethyl adjacent to an activating group) is 1. The third kappa shape index (κ3) is 3.28. The van der Waals surface area contributed by atoms with Crippen molar-refractivity contribution in [1.82, 2.24) is 4.90 Å². The molecule has 3 rings (SSSR count). The van der Waals surface area contributed by atoms with Gasteiger partial charge in [-0.2, -0.15) is 0 Å². The van der Waals surface area contributed by atoms with Gasteiger partial charge in [-0.3, -0.25) is 4.79 Å². The Morgan fingerprint density at radius 3 is 3.14 bits per heavy atom. The molecule has 1 atom stereocenters. The second kappa shape index (κ2) is 5.91. The first-order chi connectivity index (χ1) is 10.1. The van der Waals surface area contributed by atoms with Gasteiger partial charge in [0, 0.05) is 31.7 Å². The number of nitrogens with zero attached hydrogens (tertiary/aromatic N) is 1. The number of carbonyl (C=O) groups is 1. The van der Waals surface area contributed by atoms with Crippen molar-refractivity contribution < 1.29 is 9.53 Å². The summed E-state index contributed by atoms with van der Waals surface area (Å²) >= 11 is 0. The first-order valence-electron chi connectivity index (χ1n) is 7.38. The highest BCUT2D eigenvalue weighted by molar-refractivity contribution is 5.95. The summed E-state index contributed by atoms with van der Waals surface area (Å²) in [6, 6.07) is 3.87. The Balaban J connectivity index is 1.67. The molecule has 21 heavy (non-hydrogen) atoms. The minimum absolute atomic E-state index is 0.0567. The van der Waals surface area contributed by atoms with Crippen LogP contribution < -0.4 is 16.4 Å². The molecule has 2 aliphatic rings. The highest BCUT2D eigenvalue weighted by Crippen LogP contribution is 2.31. The first-order valence-corrected chi connectivity index (χ1v) is 7.38. The molecular weight excluding hydrogens is 268 g/mol. The lowest BCUT2D eigenvalue weighted by molar-refractivity contribution is -0.116. The lowest BCUT2D eigenvalue weighted by atomic mass is 10.0. The molecule has 0 aliphatic carbocycles. The Morgan fingerprint density at radius 2 is 2.33 bits per heavy atom. The van der Waals surface area contributed by atoms with Crippen LogP contribution in [0.25, 0.3) is 0 Å². The maximum Gasteiger partial charge on any atom is 0.224 e. The Bertz CT molecular complexity index is 547. The van der Waals surface area contributed by atoms with Crippen LogP contribution in [0.3, 0.4) is 0 Å². The molecule has 0 saturated carbocycles. The average molecular weight is 290 g/mol. The normalized spacial score (nSPS) is 22.5. The number of anilines is 3. The number of nitrogens with two attached hydrogens (primary N) is 1. The second-order valence-electron chi connectivity index (χ2n) is 5.78. The smallest absolute Gasteiger partial charge is 0.224 e. The van der Waals surface area contributed by atoms with Crippen LogP contribution >= 0.6 is 0 Å². The summed E-state index contributed by atoms with van der Waals surface area (Å²) in [5.74, 6) is 0.0567. The highest BCUT2D eigenvalue weighted by Gasteiger charge is 2.19. The van der Waals surface area contributed by atoms with Crippen molar-refractivity contribution in [3.05, 3.63) is 17.7 Å². The lowest BCUT2D eigenvalue weighted by Gasteiger charge is -2.30. The standard InChI is InChI=1S/C15H22N4O2/c1-19-4-5-21-11(9-19)8-17-14-6-10-2-3-15(20)18-13(10)7-12(14)16/h6-7,11,17H,2-5,8-9,16H2,1H3,(H,18,20). The molecule has 0 radical (unpaired) electrons.